The Labute approximate surface area is 171 Å². The van der Waals surface area contributed by atoms with Gasteiger partial charge >= 0.3 is 5.97 Å². The van der Waals surface area contributed by atoms with Crippen LogP contribution in [0, 0.1) is 0 Å². The Hall–Kier alpha value is -2.67. The molecule has 0 unspecified atom stereocenters. The summed E-state index contributed by atoms with van der Waals surface area (Å²) in [6.07, 6.45) is -0.458. The molecule has 1 N–H and O–H groups in total. The molecule has 29 heavy (non-hydrogen) atoms. The van der Waals surface area contributed by atoms with Gasteiger partial charge in [0.05, 0.1) is 32.8 Å². The van der Waals surface area contributed by atoms with Crippen LogP contribution in [0.3, 0.4) is 0 Å². The Balaban J connectivity index is 2.12. The van der Waals surface area contributed by atoms with E-state index in [4.69, 9.17) is 18.9 Å². The highest BCUT2D eigenvalue weighted by molar-refractivity contribution is 5.67. The third-order valence-corrected chi connectivity index (χ3v) is 4.49. The van der Waals surface area contributed by atoms with Gasteiger partial charge in [0, 0.05) is 7.11 Å². The largest absolute Gasteiger partial charge is 0.497 e. The summed E-state index contributed by atoms with van der Waals surface area (Å²) in [7, 11) is 3.07. The summed E-state index contributed by atoms with van der Waals surface area (Å²) < 4.78 is 22.7. The third kappa shape index (κ3) is 7.34. The van der Waals surface area contributed by atoms with Crippen molar-refractivity contribution in [3.05, 3.63) is 78.4 Å². The SMILES string of the molecule is C=C[C@H](OCc1ccccc1)[C@@H](OCc1ccc(OC)cc1)[C@@H](CC(=O)O)OC. The molecule has 0 heterocycles. The first kappa shape index (κ1) is 22.6. The van der Waals surface area contributed by atoms with Gasteiger partial charge in [0.25, 0.3) is 0 Å². The van der Waals surface area contributed by atoms with Crippen LogP contribution in [0.2, 0.25) is 0 Å². The molecule has 3 atom stereocenters. The first-order chi connectivity index (χ1) is 14.1. The lowest BCUT2D eigenvalue weighted by Gasteiger charge is -2.30. The molecule has 0 aromatic heterocycles. The van der Waals surface area contributed by atoms with Crippen molar-refractivity contribution in [1.82, 2.24) is 0 Å². The van der Waals surface area contributed by atoms with Crippen molar-refractivity contribution in [1.29, 1.82) is 0 Å². The Morgan fingerprint density at radius 3 is 2.17 bits per heavy atom. The second kappa shape index (κ2) is 12.0. The molecule has 0 saturated heterocycles. The average Bonchev–Trinajstić information content (AvgIpc) is 2.75. The molecule has 0 saturated carbocycles. The van der Waals surface area contributed by atoms with Crippen molar-refractivity contribution in [3.8, 4) is 5.75 Å². The molecule has 0 amide bonds. The van der Waals surface area contributed by atoms with E-state index >= 15 is 0 Å². The van der Waals surface area contributed by atoms with E-state index in [0.717, 1.165) is 16.9 Å². The van der Waals surface area contributed by atoms with Crippen LogP contribution in [-0.2, 0) is 32.2 Å². The van der Waals surface area contributed by atoms with E-state index < -0.39 is 24.3 Å². The van der Waals surface area contributed by atoms with Gasteiger partial charge in [-0.2, -0.15) is 0 Å². The summed E-state index contributed by atoms with van der Waals surface area (Å²) in [5.74, 6) is -0.220. The molecule has 6 heteroatoms. The maximum Gasteiger partial charge on any atom is 0.306 e. The topological polar surface area (TPSA) is 74.2 Å². The number of methoxy groups -OCH3 is 2. The van der Waals surface area contributed by atoms with Gasteiger partial charge in [-0.3, -0.25) is 4.79 Å². The van der Waals surface area contributed by atoms with E-state index in [9.17, 15) is 9.90 Å². The second-order valence-electron chi connectivity index (χ2n) is 6.49. The monoisotopic (exact) mass is 400 g/mol. The lowest BCUT2D eigenvalue weighted by Crippen LogP contribution is -2.42. The van der Waals surface area contributed by atoms with Crippen LogP contribution in [0.25, 0.3) is 0 Å². The molecule has 0 bridgehead atoms. The fourth-order valence-corrected chi connectivity index (χ4v) is 2.90. The minimum Gasteiger partial charge on any atom is -0.497 e. The van der Waals surface area contributed by atoms with Gasteiger partial charge in [0.2, 0.25) is 0 Å². The Morgan fingerprint density at radius 2 is 1.62 bits per heavy atom. The molecule has 0 aliphatic carbocycles. The molecule has 6 nitrogen and oxygen atoms in total. The molecule has 2 aromatic carbocycles. The smallest absolute Gasteiger partial charge is 0.306 e. The summed E-state index contributed by atoms with van der Waals surface area (Å²) in [6, 6.07) is 17.2. The highest BCUT2D eigenvalue weighted by Crippen LogP contribution is 2.20. The van der Waals surface area contributed by atoms with E-state index in [-0.39, 0.29) is 13.0 Å². The molecule has 0 aliphatic rings. The first-order valence-electron chi connectivity index (χ1n) is 9.34. The summed E-state index contributed by atoms with van der Waals surface area (Å²) in [6.45, 7) is 4.46. The molecule has 0 fully saturated rings. The highest BCUT2D eigenvalue weighted by Gasteiger charge is 2.31. The van der Waals surface area contributed by atoms with Crippen LogP contribution in [0.15, 0.2) is 67.3 Å². The van der Waals surface area contributed by atoms with Gasteiger partial charge in [-0.15, -0.1) is 6.58 Å². The average molecular weight is 400 g/mol. The molecule has 0 spiro atoms. The summed E-state index contributed by atoms with van der Waals surface area (Å²) in [5, 5.41) is 9.25. The van der Waals surface area contributed by atoms with Gasteiger partial charge in [0.15, 0.2) is 0 Å². The molecule has 0 radical (unpaired) electrons. The van der Waals surface area contributed by atoms with Crippen LogP contribution in [0.5, 0.6) is 5.75 Å². The minimum absolute atomic E-state index is 0.206. The number of carbonyl (C=O) groups is 1. The molecule has 156 valence electrons. The van der Waals surface area contributed by atoms with Crippen LogP contribution in [0.1, 0.15) is 17.5 Å². The number of carboxylic acid groups (broad SMARTS) is 1. The number of benzene rings is 2. The maximum atomic E-state index is 11.3. The number of aliphatic carboxylic acids is 1. The van der Waals surface area contributed by atoms with Crippen molar-refractivity contribution in [2.75, 3.05) is 14.2 Å². The van der Waals surface area contributed by atoms with E-state index in [1.807, 2.05) is 54.6 Å². The van der Waals surface area contributed by atoms with Gasteiger partial charge < -0.3 is 24.1 Å². The maximum absolute atomic E-state index is 11.3. The molecule has 0 aliphatic heterocycles. The van der Waals surface area contributed by atoms with Crippen molar-refractivity contribution < 1.29 is 28.8 Å². The molecule has 2 rings (SSSR count). The fraction of sp³-hybridized carbons (Fsp3) is 0.348. The number of ether oxygens (including phenoxy) is 4. The zero-order valence-corrected chi connectivity index (χ0v) is 16.8. The quantitative estimate of drug-likeness (QED) is 0.515. The summed E-state index contributed by atoms with van der Waals surface area (Å²) >= 11 is 0. The van der Waals surface area contributed by atoms with Crippen molar-refractivity contribution in [2.24, 2.45) is 0 Å². The molecular formula is C23H28O6. The lowest BCUT2D eigenvalue weighted by molar-refractivity contribution is -0.152. The Bertz CT molecular complexity index is 744. The zero-order valence-electron chi connectivity index (χ0n) is 16.8. The van der Waals surface area contributed by atoms with E-state index in [1.165, 1.54) is 7.11 Å². The molecule has 2 aromatic rings. The Morgan fingerprint density at radius 1 is 1.00 bits per heavy atom. The van der Waals surface area contributed by atoms with Crippen LogP contribution in [-0.4, -0.2) is 43.6 Å². The highest BCUT2D eigenvalue weighted by atomic mass is 16.6. The van der Waals surface area contributed by atoms with Crippen molar-refractivity contribution in [3.63, 3.8) is 0 Å². The van der Waals surface area contributed by atoms with Gasteiger partial charge in [-0.25, -0.2) is 0 Å². The van der Waals surface area contributed by atoms with Crippen LogP contribution in [0.4, 0.5) is 0 Å². The standard InChI is InChI=1S/C23H28O6/c1-4-20(28-15-17-8-6-5-7-9-17)23(21(27-3)14-22(24)25)29-16-18-10-12-19(26-2)13-11-18/h4-13,20-21,23H,1,14-16H2,2-3H3,(H,24,25)/t20-,21+,23+/m0/s1. The first-order valence-corrected chi connectivity index (χ1v) is 9.34. The lowest BCUT2D eigenvalue weighted by atomic mass is 10.0. The second-order valence-corrected chi connectivity index (χ2v) is 6.49. The number of hydrogen-bond acceptors (Lipinski definition) is 5. The minimum atomic E-state index is -0.972. The van der Waals surface area contributed by atoms with Gasteiger partial charge in [-0.05, 0) is 23.3 Å². The van der Waals surface area contributed by atoms with E-state index in [2.05, 4.69) is 6.58 Å². The van der Waals surface area contributed by atoms with Gasteiger partial charge in [-0.1, -0.05) is 48.5 Å². The predicted octanol–water partition coefficient (Wildman–Crippen LogP) is 3.84. The van der Waals surface area contributed by atoms with E-state index in [0.29, 0.717) is 6.61 Å². The zero-order chi connectivity index (χ0) is 21.1. The fourth-order valence-electron chi connectivity index (χ4n) is 2.90. The number of hydrogen-bond donors (Lipinski definition) is 1. The normalized spacial score (nSPS) is 14.0. The van der Waals surface area contributed by atoms with Crippen molar-refractivity contribution in [2.45, 2.75) is 37.9 Å². The summed E-state index contributed by atoms with van der Waals surface area (Å²) in [4.78, 5) is 11.3. The third-order valence-electron chi connectivity index (χ3n) is 4.49. The number of carboxylic acids is 1. The molecular weight excluding hydrogens is 372 g/mol. The Kier molecular flexibility index (Phi) is 9.37. The van der Waals surface area contributed by atoms with Crippen molar-refractivity contribution >= 4 is 5.97 Å². The summed E-state index contributed by atoms with van der Waals surface area (Å²) in [5.41, 5.74) is 1.92. The van der Waals surface area contributed by atoms with Crippen LogP contribution >= 0.6 is 0 Å². The van der Waals surface area contributed by atoms with Gasteiger partial charge in [0.1, 0.15) is 18.0 Å². The predicted molar refractivity (Wildman–Crippen MR) is 110 cm³/mol. The number of rotatable bonds is 13. The van der Waals surface area contributed by atoms with Crippen LogP contribution < -0.4 is 4.74 Å². The van der Waals surface area contributed by atoms with E-state index in [1.54, 1.807) is 13.2 Å².